The zero-order valence-electron chi connectivity index (χ0n) is 10.3. The van der Waals surface area contributed by atoms with E-state index in [4.69, 9.17) is 5.26 Å². The van der Waals surface area contributed by atoms with Gasteiger partial charge in [0.1, 0.15) is 11.9 Å². The number of hydrogen-bond donors (Lipinski definition) is 1. The van der Waals surface area contributed by atoms with Gasteiger partial charge < -0.3 is 10.1 Å². The summed E-state index contributed by atoms with van der Waals surface area (Å²) < 4.78 is 53.0. The van der Waals surface area contributed by atoms with Gasteiger partial charge in [-0.15, -0.1) is 13.2 Å². The van der Waals surface area contributed by atoms with E-state index in [0.717, 1.165) is 12.1 Å². The van der Waals surface area contributed by atoms with Gasteiger partial charge in [-0.25, -0.2) is 9.37 Å². The molecule has 0 aliphatic heterocycles. The second kappa shape index (κ2) is 5.66. The van der Waals surface area contributed by atoms with Gasteiger partial charge in [0.05, 0.1) is 5.56 Å². The van der Waals surface area contributed by atoms with Gasteiger partial charge in [0.25, 0.3) is 0 Å². The maximum absolute atomic E-state index is 13.5. The lowest BCUT2D eigenvalue weighted by Gasteiger charge is -2.11. The fraction of sp³-hybridized carbons (Fsp3) is 0.0769. The molecular weight excluding hydrogens is 290 g/mol. The molecule has 0 fully saturated rings. The average Bonchev–Trinajstić information content (AvgIpc) is 2.41. The van der Waals surface area contributed by atoms with E-state index in [1.165, 1.54) is 24.4 Å². The third kappa shape index (κ3) is 4.07. The van der Waals surface area contributed by atoms with Crippen molar-refractivity contribution in [3.8, 4) is 11.8 Å². The molecule has 1 N–H and O–H groups in total. The number of aromatic nitrogens is 1. The molecule has 0 saturated carbocycles. The highest BCUT2D eigenvalue weighted by Crippen LogP contribution is 2.28. The number of nitrogens with zero attached hydrogens (tertiary/aromatic N) is 2. The summed E-state index contributed by atoms with van der Waals surface area (Å²) in [6, 6.07) is 7.78. The number of benzene rings is 1. The first-order valence-corrected chi connectivity index (χ1v) is 5.56. The molecule has 0 radical (unpaired) electrons. The Morgan fingerprint density at radius 1 is 1.19 bits per heavy atom. The fourth-order valence-electron chi connectivity index (χ4n) is 1.47. The van der Waals surface area contributed by atoms with Crippen molar-refractivity contribution in [3.05, 3.63) is 47.9 Å². The van der Waals surface area contributed by atoms with Crippen molar-refractivity contribution in [2.75, 3.05) is 5.32 Å². The third-order valence-electron chi connectivity index (χ3n) is 2.32. The minimum Gasteiger partial charge on any atom is -0.403 e. The van der Waals surface area contributed by atoms with Gasteiger partial charge >= 0.3 is 6.36 Å². The summed E-state index contributed by atoms with van der Waals surface area (Å²) in [4.78, 5) is 3.89. The summed E-state index contributed by atoms with van der Waals surface area (Å²) >= 11 is 0. The number of nitrogens with one attached hydrogen (secondary N) is 1. The summed E-state index contributed by atoms with van der Waals surface area (Å²) in [5.41, 5.74) is 0.542. The van der Waals surface area contributed by atoms with Crippen LogP contribution in [0.2, 0.25) is 0 Å². The topological polar surface area (TPSA) is 57.9 Å². The van der Waals surface area contributed by atoms with Gasteiger partial charge in [-0.1, -0.05) is 0 Å². The summed E-state index contributed by atoms with van der Waals surface area (Å²) in [5, 5.41) is 11.3. The van der Waals surface area contributed by atoms with Crippen LogP contribution in [0.25, 0.3) is 0 Å². The first-order chi connectivity index (χ1) is 9.87. The van der Waals surface area contributed by atoms with Gasteiger partial charge in [0, 0.05) is 18.0 Å². The molecule has 8 heteroatoms. The number of anilines is 2. The second-order valence-electron chi connectivity index (χ2n) is 3.86. The smallest absolute Gasteiger partial charge is 0.403 e. The number of nitriles is 1. The monoisotopic (exact) mass is 297 g/mol. The Kier molecular flexibility index (Phi) is 3.93. The third-order valence-corrected chi connectivity index (χ3v) is 2.32. The van der Waals surface area contributed by atoms with Gasteiger partial charge in [-0.05, 0) is 24.3 Å². The zero-order valence-corrected chi connectivity index (χ0v) is 10.3. The molecule has 1 aromatic heterocycles. The highest BCUT2D eigenvalue weighted by molar-refractivity contribution is 5.57. The predicted octanol–water partition coefficient (Wildman–Crippen LogP) is 3.73. The van der Waals surface area contributed by atoms with Crippen molar-refractivity contribution in [2.45, 2.75) is 6.36 Å². The number of ether oxygens (including phenoxy) is 1. The minimum absolute atomic E-state index is 0.194. The van der Waals surface area contributed by atoms with Gasteiger partial charge in [0.15, 0.2) is 11.6 Å². The number of halogens is 4. The molecule has 0 bridgehead atoms. The van der Waals surface area contributed by atoms with Crippen molar-refractivity contribution in [3.63, 3.8) is 0 Å². The van der Waals surface area contributed by atoms with Crippen LogP contribution in [0.4, 0.5) is 29.1 Å². The Morgan fingerprint density at radius 2 is 1.95 bits per heavy atom. The molecule has 0 saturated heterocycles. The summed E-state index contributed by atoms with van der Waals surface area (Å²) in [6.45, 7) is 0. The average molecular weight is 297 g/mol. The van der Waals surface area contributed by atoms with Crippen molar-refractivity contribution in [2.24, 2.45) is 0 Å². The Balaban J connectivity index is 2.14. The number of rotatable bonds is 3. The Hall–Kier alpha value is -2.82. The minimum atomic E-state index is -4.95. The molecular formula is C13H7F4N3O. The SMILES string of the molecule is N#Cc1ccc(Nc2ccc(OC(F)(F)F)c(F)c2)nc1. The molecule has 2 aromatic rings. The molecule has 1 heterocycles. The zero-order chi connectivity index (χ0) is 15.5. The summed E-state index contributed by atoms with van der Waals surface area (Å²) in [6.07, 6.45) is -3.65. The van der Waals surface area contributed by atoms with Crippen LogP contribution in [0.1, 0.15) is 5.56 Å². The van der Waals surface area contributed by atoms with Crippen molar-refractivity contribution in [1.29, 1.82) is 5.26 Å². The molecule has 0 spiro atoms. The summed E-state index contributed by atoms with van der Waals surface area (Å²) in [5.74, 6) is -1.76. The van der Waals surface area contributed by atoms with E-state index in [1.807, 2.05) is 6.07 Å². The highest BCUT2D eigenvalue weighted by Gasteiger charge is 2.32. The molecule has 0 aliphatic rings. The van der Waals surface area contributed by atoms with Crippen LogP contribution in [0.3, 0.4) is 0 Å². The fourth-order valence-corrected chi connectivity index (χ4v) is 1.47. The summed E-state index contributed by atoms with van der Waals surface area (Å²) in [7, 11) is 0. The molecule has 1 aromatic carbocycles. The van der Waals surface area contributed by atoms with Crippen LogP contribution in [-0.4, -0.2) is 11.3 Å². The van der Waals surface area contributed by atoms with E-state index in [9.17, 15) is 17.6 Å². The van der Waals surface area contributed by atoms with Gasteiger partial charge in [-0.2, -0.15) is 5.26 Å². The van der Waals surface area contributed by atoms with Gasteiger partial charge in [0.2, 0.25) is 0 Å². The standard InChI is InChI=1S/C13H7F4N3O/c14-10-5-9(2-3-11(10)21-13(15,16)17)20-12-4-1-8(6-18)7-19-12/h1-5,7H,(H,19,20). The Morgan fingerprint density at radius 3 is 2.48 bits per heavy atom. The lowest BCUT2D eigenvalue weighted by molar-refractivity contribution is -0.275. The molecule has 108 valence electrons. The first kappa shape index (κ1) is 14.6. The number of alkyl halides is 3. The first-order valence-electron chi connectivity index (χ1n) is 5.56. The van der Waals surface area contributed by atoms with Crippen LogP contribution in [-0.2, 0) is 0 Å². The van der Waals surface area contributed by atoms with Crippen molar-refractivity contribution in [1.82, 2.24) is 4.98 Å². The van der Waals surface area contributed by atoms with E-state index in [-0.39, 0.29) is 5.69 Å². The lowest BCUT2D eigenvalue weighted by Crippen LogP contribution is -2.17. The maximum atomic E-state index is 13.5. The molecule has 0 amide bonds. The van der Waals surface area contributed by atoms with Crippen LogP contribution in [0, 0.1) is 17.1 Å². The van der Waals surface area contributed by atoms with E-state index in [1.54, 1.807) is 0 Å². The van der Waals surface area contributed by atoms with E-state index in [0.29, 0.717) is 11.4 Å². The van der Waals surface area contributed by atoms with Crippen molar-refractivity contribution < 1.29 is 22.3 Å². The van der Waals surface area contributed by atoms with Crippen LogP contribution in [0.5, 0.6) is 5.75 Å². The normalized spacial score (nSPS) is 10.8. The highest BCUT2D eigenvalue weighted by atomic mass is 19.4. The van der Waals surface area contributed by atoms with Crippen LogP contribution >= 0.6 is 0 Å². The van der Waals surface area contributed by atoms with Gasteiger partial charge in [-0.3, -0.25) is 0 Å². The maximum Gasteiger partial charge on any atom is 0.573 e. The quantitative estimate of drug-likeness (QED) is 0.877. The van der Waals surface area contributed by atoms with Crippen LogP contribution < -0.4 is 10.1 Å². The van der Waals surface area contributed by atoms with E-state index in [2.05, 4.69) is 15.0 Å². The Labute approximate surface area is 116 Å². The Bertz CT molecular complexity index is 677. The number of hydrogen-bond acceptors (Lipinski definition) is 4. The molecule has 0 aliphatic carbocycles. The second-order valence-corrected chi connectivity index (χ2v) is 3.86. The van der Waals surface area contributed by atoms with Crippen LogP contribution in [0.15, 0.2) is 36.5 Å². The lowest BCUT2D eigenvalue weighted by atomic mass is 10.2. The molecule has 21 heavy (non-hydrogen) atoms. The number of pyridine rings is 1. The molecule has 0 atom stereocenters. The van der Waals surface area contributed by atoms with Crippen molar-refractivity contribution >= 4 is 11.5 Å². The molecule has 4 nitrogen and oxygen atoms in total. The molecule has 2 rings (SSSR count). The van der Waals surface area contributed by atoms with E-state index >= 15 is 0 Å². The predicted molar refractivity (Wildman–Crippen MR) is 65.3 cm³/mol. The molecule has 0 unspecified atom stereocenters. The largest absolute Gasteiger partial charge is 0.573 e. The van der Waals surface area contributed by atoms with E-state index < -0.39 is 17.9 Å².